The standard InChI is InChI=1S/C7H8I2NOS/c1-8-7-6-5(10-4-9-7)2-3-12(6)11/h4H,2-3H2,1H3/q-1. The van der Waals surface area contributed by atoms with Crippen molar-refractivity contribution in [2.45, 2.75) is 6.42 Å². The van der Waals surface area contributed by atoms with Crippen LogP contribution < -0.4 is 21.2 Å². The Morgan fingerprint density at radius 2 is 2.58 bits per heavy atom. The van der Waals surface area contributed by atoms with Crippen LogP contribution in [-0.4, -0.2) is 20.6 Å². The number of hydrogen-bond acceptors (Lipinski definition) is 2. The molecule has 2 heterocycles. The zero-order valence-corrected chi connectivity index (χ0v) is 11.6. The second kappa shape index (κ2) is 3.95. The summed E-state index contributed by atoms with van der Waals surface area (Å²) in [6.45, 7) is 0. The summed E-state index contributed by atoms with van der Waals surface area (Å²) in [6, 6.07) is 0. The fraction of sp³-hybridized carbons (Fsp3) is 0.429. The Labute approximate surface area is 94.4 Å². The summed E-state index contributed by atoms with van der Waals surface area (Å²) >= 11 is 0.159. The molecule has 0 N–H and O–H groups in total. The van der Waals surface area contributed by atoms with Gasteiger partial charge in [0.1, 0.15) is 0 Å². The molecule has 0 aromatic carbocycles. The molecular weight excluding hydrogens is 400 g/mol. The molecule has 68 valence electrons. The van der Waals surface area contributed by atoms with Gasteiger partial charge < -0.3 is 0 Å². The van der Waals surface area contributed by atoms with E-state index >= 15 is 0 Å². The molecule has 2 aliphatic rings. The van der Waals surface area contributed by atoms with Crippen LogP contribution >= 0.6 is 20.7 Å². The summed E-state index contributed by atoms with van der Waals surface area (Å²) in [5.41, 5.74) is 1.14. The number of rotatable bonds is 1. The quantitative estimate of drug-likeness (QED) is 0.373. The van der Waals surface area contributed by atoms with Gasteiger partial charge in [-0.1, -0.05) is 0 Å². The Bertz CT molecular complexity index is 332. The zero-order valence-electron chi connectivity index (χ0n) is 6.51. The van der Waals surface area contributed by atoms with Gasteiger partial charge in [-0.2, -0.15) is 0 Å². The molecule has 0 saturated carbocycles. The molecule has 0 aliphatic carbocycles. The van der Waals surface area contributed by atoms with Crippen molar-refractivity contribution in [2.24, 2.45) is 4.99 Å². The van der Waals surface area contributed by atoms with E-state index in [2.05, 4.69) is 14.1 Å². The molecule has 0 radical (unpaired) electrons. The van der Waals surface area contributed by atoms with Crippen LogP contribution in [-0.2, 0) is 10.8 Å². The Balaban J connectivity index is 2.47. The van der Waals surface area contributed by atoms with E-state index in [4.69, 9.17) is 0 Å². The van der Waals surface area contributed by atoms with E-state index in [0.29, 0.717) is 0 Å². The number of nitrogens with zero attached hydrogens (tertiary/aromatic N) is 1. The molecule has 2 rings (SSSR count). The summed E-state index contributed by atoms with van der Waals surface area (Å²) in [5.74, 6) is 0.818. The monoisotopic (exact) mass is 408 g/mol. The van der Waals surface area contributed by atoms with E-state index < -0.39 is 10.8 Å². The van der Waals surface area contributed by atoms with Crippen LogP contribution in [0, 0.1) is 0 Å². The zero-order chi connectivity index (χ0) is 8.55. The van der Waals surface area contributed by atoms with E-state index in [1.807, 2.05) is 0 Å². The summed E-state index contributed by atoms with van der Waals surface area (Å²) in [6.07, 6.45) is 0.940. The summed E-state index contributed by atoms with van der Waals surface area (Å²) in [4.78, 5) is 7.77. The number of allylic oxidation sites excluding steroid dienone is 2. The molecule has 0 aromatic heterocycles. The Hall–Kier alpha value is 0.890. The summed E-state index contributed by atoms with van der Waals surface area (Å²) < 4.78 is 15.2. The molecule has 1 unspecified atom stereocenters. The molecule has 0 amide bonds. The fourth-order valence-electron chi connectivity index (χ4n) is 1.16. The predicted octanol–water partition coefficient (Wildman–Crippen LogP) is -1.79. The van der Waals surface area contributed by atoms with Gasteiger partial charge in [-0.05, 0) is 0 Å². The van der Waals surface area contributed by atoms with Gasteiger partial charge in [-0.15, -0.1) is 0 Å². The van der Waals surface area contributed by atoms with Crippen LogP contribution in [0.15, 0.2) is 15.6 Å². The minimum atomic E-state index is -0.685. The van der Waals surface area contributed by atoms with Crippen molar-refractivity contribution in [3.05, 3.63) is 10.6 Å². The summed E-state index contributed by atoms with van der Waals surface area (Å²) in [7, 11) is -0.685. The van der Waals surface area contributed by atoms with Gasteiger partial charge in [0, 0.05) is 0 Å². The van der Waals surface area contributed by atoms with E-state index in [0.717, 1.165) is 17.9 Å². The van der Waals surface area contributed by atoms with Gasteiger partial charge in [-0.3, -0.25) is 0 Å². The Morgan fingerprint density at radius 3 is 3.33 bits per heavy atom. The normalized spacial score (nSPS) is 28.4. The predicted molar refractivity (Wildman–Crippen MR) is 58.1 cm³/mol. The molecule has 5 heteroatoms. The first-order chi connectivity index (χ1) is 5.83. The fourth-order valence-corrected chi connectivity index (χ4v) is 9.26. The van der Waals surface area contributed by atoms with Gasteiger partial charge >= 0.3 is 95.4 Å². The molecule has 0 aromatic rings. The van der Waals surface area contributed by atoms with Gasteiger partial charge in [0.05, 0.1) is 0 Å². The molecule has 12 heavy (non-hydrogen) atoms. The Kier molecular flexibility index (Phi) is 3.11. The van der Waals surface area contributed by atoms with E-state index in [-0.39, 0.29) is 41.9 Å². The molecule has 0 bridgehead atoms. The van der Waals surface area contributed by atoms with Crippen molar-refractivity contribution in [3.8, 4) is 0 Å². The first kappa shape index (κ1) is 9.45. The third-order valence-electron chi connectivity index (χ3n) is 1.70. The third-order valence-corrected chi connectivity index (χ3v) is 11.3. The maximum absolute atomic E-state index is 11.6. The number of aliphatic imine (C=N–C) groups is 1. The summed E-state index contributed by atoms with van der Waals surface area (Å²) in [5, 5.41) is 0. The second-order valence-electron chi connectivity index (χ2n) is 2.36. The van der Waals surface area contributed by atoms with Crippen molar-refractivity contribution in [2.75, 3.05) is 10.7 Å². The minimum absolute atomic E-state index is 0.0108. The van der Waals surface area contributed by atoms with Crippen molar-refractivity contribution in [1.29, 1.82) is 0 Å². The van der Waals surface area contributed by atoms with Gasteiger partial charge in [-0.25, -0.2) is 0 Å². The molecule has 0 spiro atoms. The van der Waals surface area contributed by atoms with Gasteiger partial charge in [0.25, 0.3) is 0 Å². The van der Waals surface area contributed by atoms with Crippen LogP contribution in [0.25, 0.3) is 0 Å². The van der Waals surface area contributed by atoms with Crippen molar-refractivity contribution >= 4 is 37.3 Å². The van der Waals surface area contributed by atoms with Crippen LogP contribution in [0.5, 0.6) is 0 Å². The van der Waals surface area contributed by atoms with Gasteiger partial charge in [0.15, 0.2) is 0 Å². The van der Waals surface area contributed by atoms with E-state index in [1.165, 1.54) is 4.91 Å². The Morgan fingerprint density at radius 1 is 1.75 bits per heavy atom. The van der Waals surface area contributed by atoms with E-state index in [1.54, 1.807) is 1.52 Å². The van der Waals surface area contributed by atoms with Crippen molar-refractivity contribution in [3.63, 3.8) is 0 Å². The van der Waals surface area contributed by atoms with Gasteiger partial charge in [0.2, 0.25) is 0 Å². The number of halogens is 2. The molecule has 0 fully saturated rings. The molecule has 1 atom stereocenters. The average molecular weight is 408 g/mol. The first-order valence-electron chi connectivity index (χ1n) is 3.47. The van der Waals surface area contributed by atoms with Crippen LogP contribution in [0.3, 0.4) is 0 Å². The van der Waals surface area contributed by atoms with Crippen LogP contribution in [0.2, 0.25) is 0 Å². The van der Waals surface area contributed by atoms with Crippen LogP contribution in [0.1, 0.15) is 6.42 Å². The van der Waals surface area contributed by atoms with Crippen molar-refractivity contribution in [1.82, 2.24) is 0 Å². The topological polar surface area (TPSA) is 29.4 Å². The average Bonchev–Trinajstić information content (AvgIpc) is 2.48. The molecular formula is C7H8I2NOS-. The third kappa shape index (κ3) is 1.59. The number of hydrogen-bond donors (Lipinski definition) is 0. The van der Waals surface area contributed by atoms with Crippen molar-refractivity contribution < 1.29 is 25.4 Å². The van der Waals surface area contributed by atoms with Crippen LogP contribution in [0.4, 0.5) is 0 Å². The molecule has 2 aliphatic heterocycles. The molecule has 2 nitrogen and oxygen atoms in total. The van der Waals surface area contributed by atoms with E-state index in [9.17, 15) is 4.21 Å². The maximum atomic E-state index is 11.6. The molecule has 0 saturated heterocycles. The second-order valence-corrected chi connectivity index (χ2v) is 10.3. The SMILES string of the molecule is C[I-]C1=IC=NC2=C1S(=O)CC2. The first-order valence-corrected chi connectivity index (χ1v) is 10.3. The number of alkyl halides is 1.